The Balaban J connectivity index is 1.62. The molecule has 1 atom stereocenters. The summed E-state index contributed by atoms with van der Waals surface area (Å²) in [7, 11) is -3.64. The Labute approximate surface area is 191 Å². The van der Waals surface area contributed by atoms with Gasteiger partial charge in [-0.1, -0.05) is 30.3 Å². The molecule has 1 heterocycles. The van der Waals surface area contributed by atoms with Gasteiger partial charge in [-0.2, -0.15) is 0 Å². The fourth-order valence-electron chi connectivity index (χ4n) is 3.79. The van der Waals surface area contributed by atoms with Crippen molar-refractivity contribution in [3.63, 3.8) is 0 Å². The first kappa shape index (κ1) is 24.2. The second-order valence-electron chi connectivity index (χ2n) is 8.43. The highest BCUT2D eigenvalue weighted by atomic mass is 32.2. The van der Waals surface area contributed by atoms with E-state index in [-0.39, 0.29) is 5.91 Å². The van der Waals surface area contributed by atoms with Crippen LogP contribution < -0.4 is 9.62 Å². The highest BCUT2D eigenvalue weighted by molar-refractivity contribution is 7.92. The Morgan fingerprint density at radius 1 is 1.06 bits per heavy atom. The van der Waals surface area contributed by atoms with Gasteiger partial charge in [-0.3, -0.25) is 14.0 Å². The van der Waals surface area contributed by atoms with Crippen LogP contribution >= 0.6 is 0 Å². The minimum atomic E-state index is -3.64. The molecule has 1 saturated heterocycles. The van der Waals surface area contributed by atoms with Gasteiger partial charge in [0, 0.05) is 26.2 Å². The molecule has 174 valence electrons. The van der Waals surface area contributed by atoms with E-state index < -0.39 is 16.1 Å². The fourth-order valence-corrected chi connectivity index (χ4v) is 4.96. The average Bonchev–Trinajstić information content (AvgIpc) is 2.75. The molecule has 2 aromatic carbocycles. The fraction of sp³-hybridized carbons (Fsp3) is 0.458. The van der Waals surface area contributed by atoms with Crippen LogP contribution in [0.1, 0.15) is 29.2 Å². The van der Waals surface area contributed by atoms with Gasteiger partial charge >= 0.3 is 0 Å². The molecule has 8 heteroatoms. The van der Waals surface area contributed by atoms with Crippen molar-refractivity contribution in [3.05, 3.63) is 64.7 Å². The first-order chi connectivity index (χ1) is 15.1. The Bertz CT molecular complexity index is 1030. The molecule has 32 heavy (non-hydrogen) atoms. The molecule has 1 fully saturated rings. The molecular formula is C24H33N3O4S. The standard InChI is InChI=1S/C24H33N3O4S/c1-18-5-10-23(15-19(18)2)27(32(4,29)30)20(3)24(28)25-16-21-6-8-22(9-7-21)17-26-11-13-31-14-12-26/h5-10,15,20H,11-14,16-17H2,1-4H3,(H,25,28). The lowest BCUT2D eigenvalue weighted by molar-refractivity contribution is -0.122. The summed E-state index contributed by atoms with van der Waals surface area (Å²) >= 11 is 0. The molecule has 3 rings (SSSR count). The number of carbonyl (C=O) groups excluding carboxylic acids is 1. The van der Waals surface area contributed by atoms with E-state index in [1.54, 1.807) is 19.1 Å². The van der Waals surface area contributed by atoms with Crippen molar-refractivity contribution in [3.8, 4) is 0 Å². The van der Waals surface area contributed by atoms with Crippen LogP contribution in [0.5, 0.6) is 0 Å². The number of rotatable bonds is 8. The maximum atomic E-state index is 12.8. The third-order valence-electron chi connectivity index (χ3n) is 5.83. The number of ether oxygens (including phenoxy) is 1. The minimum Gasteiger partial charge on any atom is -0.379 e. The zero-order valence-electron chi connectivity index (χ0n) is 19.3. The van der Waals surface area contributed by atoms with Gasteiger partial charge in [0.05, 0.1) is 25.2 Å². The number of nitrogens with one attached hydrogen (secondary N) is 1. The lowest BCUT2D eigenvalue weighted by Gasteiger charge is -2.28. The van der Waals surface area contributed by atoms with Crippen molar-refractivity contribution in [1.82, 2.24) is 10.2 Å². The summed E-state index contributed by atoms with van der Waals surface area (Å²) in [5.41, 5.74) is 4.71. The van der Waals surface area contributed by atoms with Crippen LogP contribution in [0.2, 0.25) is 0 Å². The Morgan fingerprint density at radius 3 is 2.28 bits per heavy atom. The zero-order valence-corrected chi connectivity index (χ0v) is 20.1. The number of morpholine rings is 1. The van der Waals surface area contributed by atoms with Gasteiger partial charge in [0.1, 0.15) is 6.04 Å². The molecule has 1 unspecified atom stereocenters. The third-order valence-corrected chi connectivity index (χ3v) is 7.07. The van der Waals surface area contributed by atoms with Gasteiger partial charge in [-0.25, -0.2) is 8.42 Å². The topological polar surface area (TPSA) is 79.0 Å². The number of aryl methyl sites for hydroxylation is 2. The second-order valence-corrected chi connectivity index (χ2v) is 10.3. The summed E-state index contributed by atoms with van der Waals surface area (Å²) in [6.07, 6.45) is 1.12. The molecule has 1 aliphatic heterocycles. The smallest absolute Gasteiger partial charge is 0.243 e. The van der Waals surface area contributed by atoms with E-state index in [1.165, 1.54) is 9.87 Å². The number of hydrogen-bond acceptors (Lipinski definition) is 5. The molecule has 1 N–H and O–H groups in total. The van der Waals surface area contributed by atoms with Crippen LogP contribution in [0, 0.1) is 13.8 Å². The van der Waals surface area contributed by atoms with E-state index in [2.05, 4.69) is 22.3 Å². The molecule has 0 aliphatic carbocycles. The predicted molar refractivity (Wildman–Crippen MR) is 127 cm³/mol. The Hall–Kier alpha value is -2.42. The van der Waals surface area contributed by atoms with Crippen LogP contribution in [0.4, 0.5) is 5.69 Å². The first-order valence-corrected chi connectivity index (χ1v) is 12.7. The third kappa shape index (κ3) is 6.31. The van der Waals surface area contributed by atoms with Crippen molar-refractivity contribution < 1.29 is 17.9 Å². The zero-order chi connectivity index (χ0) is 23.3. The van der Waals surface area contributed by atoms with Crippen LogP contribution in [0.3, 0.4) is 0 Å². The lowest BCUT2D eigenvalue weighted by Crippen LogP contribution is -2.47. The van der Waals surface area contributed by atoms with Crippen molar-refractivity contribution in [2.75, 3.05) is 36.9 Å². The van der Waals surface area contributed by atoms with E-state index in [9.17, 15) is 13.2 Å². The van der Waals surface area contributed by atoms with Crippen molar-refractivity contribution in [2.45, 2.75) is 39.9 Å². The Morgan fingerprint density at radius 2 is 1.69 bits per heavy atom. The van der Waals surface area contributed by atoms with Crippen molar-refractivity contribution in [2.24, 2.45) is 0 Å². The van der Waals surface area contributed by atoms with Crippen molar-refractivity contribution in [1.29, 1.82) is 0 Å². The monoisotopic (exact) mass is 459 g/mol. The second kappa shape index (κ2) is 10.5. The van der Waals surface area contributed by atoms with Crippen molar-refractivity contribution >= 4 is 21.6 Å². The van der Waals surface area contributed by atoms with Crippen LogP contribution in [-0.2, 0) is 32.6 Å². The summed E-state index contributed by atoms with van der Waals surface area (Å²) in [4.78, 5) is 15.2. The normalized spacial score (nSPS) is 15.9. The van der Waals surface area contributed by atoms with Gasteiger partial charge < -0.3 is 10.1 Å². The molecule has 1 amide bonds. The van der Waals surface area contributed by atoms with Crippen LogP contribution in [0.15, 0.2) is 42.5 Å². The van der Waals surface area contributed by atoms with Gasteiger partial charge in [0.15, 0.2) is 0 Å². The van der Waals surface area contributed by atoms with Gasteiger partial charge in [0.2, 0.25) is 15.9 Å². The highest BCUT2D eigenvalue weighted by Crippen LogP contribution is 2.23. The molecule has 0 saturated carbocycles. The largest absolute Gasteiger partial charge is 0.379 e. The predicted octanol–water partition coefficient (Wildman–Crippen LogP) is 2.61. The number of carbonyl (C=O) groups is 1. The summed E-state index contributed by atoms with van der Waals surface area (Å²) in [5.74, 6) is -0.342. The number of nitrogens with zero attached hydrogens (tertiary/aromatic N) is 2. The molecule has 0 aromatic heterocycles. The summed E-state index contributed by atoms with van der Waals surface area (Å²) in [5, 5.41) is 2.88. The van der Waals surface area contributed by atoms with Crippen LogP contribution in [0.25, 0.3) is 0 Å². The quantitative estimate of drug-likeness (QED) is 0.657. The van der Waals surface area contributed by atoms with Crippen LogP contribution in [-0.4, -0.2) is 57.8 Å². The first-order valence-electron chi connectivity index (χ1n) is 10.9. The highest BCUT2D eigenvalue weighted by Gasteiger charge is 2.29. The molecular weight excluding hydrogens is 426 g/mol. The Kier molecular flexibility index (Phi) is 7.92. The molecule has 2 aromatic rings. The molecule has 0 spiro atoms. The van der Waals surface area contributed by atoms with Gasteiger partial charge in [-0.05, 0) is 55.2 Å². The number of hydrogen-bond donors (Lipinski definition) is 1. The number of anilines is 1. The molecule has 0 bridgehead atoms. The van der Waals surface area contributed by atoms with E-state index >= 15 is 0 Å². The average molecular weight is 460 g/mol. The van der Waals surface area contributed by atoms with E-state index in [1.807, 2.05) is 32.0 Å². The number of amides is 1. The minimum absolute atomic E-state index is 0.339. The van der Waals surface area contributed by atoms with E-state index in [0.29, 0.717) is 12.2 Å². The molecule has 0 radical (unpaired) electrons. The van der Waals surface area contributed by atoms with E-state index in [0.717, 1.165) is 55.8 Å². The van der Waals surface area contributed by atoms with Gasteiger partial charge in [0.25, 0.3) is 0 Å². The maximum Gasteiger partial charge on any atom is 0.243 e. The summed E-state index contributed by atoms with van der Waals surface area (Å²) < 4.78 is 31.5. The lowest BCUT2D eigenvalue weighted by atomic mass is 10.1. The summed E-state index contributed by atoms with van der Waals surface area (Å²) in [6.45, 7) is 10.1. The summed E-state index contributed by atoms with van der Waals surface area (Å²) in [6, 6.07) is 12.7. The maximum absolute atomic E-state index is 12.8. The molecule has 1 aliphatic rings. The van der Waals surface area contributed by atoms with Gasteiger partial charge in [-0.15, -0.1) is 0 Å². The SMILES string of the molecule is Cc1ccc(N(C(C)C(=O)NCc2ccc(CN3CCOCC3)cc2)S(C)(=O)=O)cc1C. The number of benzene rings is 2. The van der Waals surface area contributed by atoms with E-state index in [4.69, 9.17) is 4.74 Å². The number of sulfonamides is 1. The molecule has 7 nitrogen and oxygen atoms in total.